The van der Waals surface area contributed by atoms with Crippen molar-refractivity contribution in [2.45, 2.75) is 6.10 Å². The minimum absolute atomic E-state index is 0.0607. The van der Waals surface area contributed by atoms with Crippen LogP contribution >= 0.6 is 0 Å². The zero-order valence-electron chi connectivity index (χ0n) is 14.0. The molecule has 2 heterocycles. The molecule has 3 N–H and O–H groups in total. The highest BCUT2D eigenvalue weighted by Crippen LogP contribution is 2.30. The lowest BCUT2D eigenvalue weighted by molar-refractivity contribution is -0.130. The molecule has 136 valence electrons. The van der Waals surface area contributed by atoms with E-state index < -0.39 is 17.6 Å². The Balaban J connectivity index is 1.51. The number of aromatic amines is 1. The normalized spacial score (nSPS) is 15.8. The van der Waals surface area contributed by atoms with Crippen LogP contribution in [0.4, 0.5) is 0 Å². The first-order chi connectivity index (χ1) is 13.1. The number of benzene rings is 2. The van der Waals surface area contributed by atoms with E-state index in [1.807, 2.05) is 6.07 Å². The van der Waals surface area contributed by atoms with Gasteiger partial charge in [0.05, 0.1) is 11.8 Å². The summed E-state index contributed by atoms with van der Waals surface area (Å²) in [7, 11) is 0. The average Bonchev–Trinajstić information content (AvgIpc) is 2.70. The highest BCUT2D eigenvalue weighted by atomic mass is 16.6. The number of para-hydroxylation sites is 2. The summed E-state index contributed by atoms with van der Waals surface area (Å²) in [6, 6.07) is 13.8. The van der Waals surface area contributed by atoms with Crippen molar-refractivity contribution in [2.24, 2.45) is 5.10 Å². The number of fused-ring (bicyclic) bond motifs is 2. The Kier molecular flexibility index (Phi) is 4.21. The van der Waals surface area contributed by atoms with Crippen molar-refractivity contribution in [3.63, 3.8) is 0 Å². The third kappa shape index (κ3) is 3.20. The number of nitrogens with zero attached hydrogens (tertiary/aromatic N) is 1. The maximum Gasteiger partial charge on any atom is 0.284 e. The topological polar surface area (TPSA) is 113 Å². The summed E-state index contributed by atoms with van der Waals surface area (Å²) in [5.74, 6) is 0.240. The predicted molar refractivity (Wildman–Crippen MR) is 98.3 cm³/mol. The lowest BCUT2D eigenvalue weighted by atomic mass is 10.1. The van der Waals surface area contributed by atoms with Crippen molar-refractivity contribution in [3.8, 4) is 17.4 Å². The molecule has 1 aromatic heterocycles. The number of rotatable bonds is 3. The third-order valence-corrected chi connectivity index (χ3v) is 4.12. The molecule has 27 heavy (non-hydrogen) atoms. The van der Waals surface area contributed by atoms with Crippen LogP contribution in [-0.4, -0.2) is 34.9 Å². The second kappa shape index (κ2) is 6.83. The van der Waals surface area contributed by atoms with Gasteiger partial charge in [-0.25, -0.2) is 5.43 Å². The monoisotopic (exact) mass is 365 g/mol. The number of hydrazone groups is 1. The first-order valence-electron chi connectivity index (χ1n) is 8.19. The summed E-state index contributed by atoms with van der Waals surface area (Å²) in [5, 5.41) is 14.8. The molecule has 1 amide bonds. The molecule has 8 heteroatoms. The van der Waals surface area contributed by atoms with Gasteiger partial charge in [-0.05, 0) is 18.2 Å². The largest absolute Gasteiger partial charge is 0.494 e. The Hall–Kier alpha value is -3.81. The standard InChI is InChI=1S/C19H15N3O5/c23-17-12-6-2-1-5-11(12)13(18(24)21-17)9-20-22-19(25)16-10-26-14-7-3-4-8-15(14)27-16/h1-9,16H,10H2,(H,22,25)(H2,21,23,24)/b20-9+. The van der Waals surface area contributed by atoms with Crippen LogP contribution in [0.3, 0.4) is 0 Å². The van der Waals surface area contributed by atoms with E-state index in [1.165, 1.54) is 6.21 Å². The molecule has 1 atom stereocenters. The number of hydrogen-bond acceptors (Lipinski definition) is 6. The second-order valence-electron chi connectivity index (χ2n) is 5.86. The van der Waals surface area contributed by atoms with Gasteiger partial charge in [0.2, 0.25) is 12.0 Å². The van der Waals surface area contributed by atoms with E-state index in [0.29, 0.717) is 22.3 Å². The fourth-order valence-corrected chi connectivity index (χ4v) is 2.80. The highest BCUT2D eigenvalue weighted by molar-refractivity contribution is 6.01. The van der Waals surface area contributed by atoms with Crippen molar-refractivity contribution in [3.05, 3.63) is 64.4 Å². The van der Waals surface area contributed by atoms with Crippen molar-refractivity contribution < 1.29 is 19.4 Å². The number of ether oxygens (including phenoxy) is 2. The zero-order valence-corrected chi connectivity index (χ0v) is 14.0. The lowest BCUT2D eigenvalue weighted by Crippen LogP contribution is -2.42. The number of carbonyl (C=O) groups excluding carboxylic acids is 1. The average molecular weight is 365 g/mol. The van der Waals surface area contributed by atoms with E-state index in [9.17, 15) is 14.7 Å². The Bertz CT molecular complexity index is 1110. The number of amides is 1. The molecule has 1 unspecified atom stereocenters. The van der Waals surface area contributed by atoms with E-state index in [-0.39, 0.29) is 18.1 Å². The molecule has 0 fully saturated rings. The summed E-state index contributed by atoms with van der Waals surface area (Å²) in [6.45, 7) is 0.0607. The zero-order chi connectivity index (χ0) is 18.8. The van der Waals surface area contributed by atoms with Crippen LogP contribution in [0.25, 0.3) is 10.8 Å². The van der Waals surface area contributed by atoms with Crippen LogP contribution in [0.15, 0.2) is 58.4 Å². The van der Waals surface area contributed by atoms with Crippen molar-refractivity contribution in [1.82, 2.24) is 10.4 Å². The van der Waals surface area contributed by atoms with Crippen molar-refractivity contribution in [1.29, 1.82) is 0 Å². The van der Waals surface area contributed by atoms with Crippen molar-refractivity contribution >= 4 is 22.9 Å². The van der Waals surface area contributed by atoms with Gasteiger partial charge >= 0.3 is 0 Å². The second-order valence-corrected chi connectivity index (χ2v) is 5.86. The summed E-state index contributed by atoms with van der Waals surface area (Å²) in [4.78, 5) is 26.5. The van der Waals surface area contributed by atoms with E-state index in [4.69, 9.17) is 9.47 Å². The first kappa shape index (κ1) is 16.6. The lowest BCUT2D eigenvalue weighted by Gasteiger charge is -2.24. The molecule has 1 aliphatic heterocycles. The molecule has 0 aliphatic carbocycles. The van der Waals surface area contributed by atoms with E-state index in [2.05, 4.69) is 15.5 Å². The number of carbonyl (C=O) groups is 1. The molecule has 1 aliphatic rings. The molecular weight excluding hydrogens is 350 g/mol. The number of pyridine rings is 1. The molecule has 0 radical (unpaired) electrons. The quantitative estimate of drug-likeness (QED) is 0.481. The summed E-state index contributed by atoms with van der Waals surface area (Å²) in [5.41, 5.74) is 2.24. The van der Waals surface area contributed by atoms with Crippen LogP contribution in [-0.2, 0) is 4.79 Å². The van der Waals surface area contributed by atoms with Gasteiger partial charge in [0.1, 0.15) is 6.61 Å². The molecule has 8 nitrogen and oxygen atoms in total. The molecule has 0 saturated carbocycles. The van der Waals surface area contributed by atoms with Gasteiger partial charge in [-0.15, -0.1) is 0 Å². The summed E-state index contributed by atoms with van der Waals surface area (Å²) >= 11 is 0. The van der Waals surface area contributed by atoms with Crippen LogP contribution < -0.4 is 20.5 Å². The van der Waals surface area contributed by atoms with Crippen LogP contribution in [0.2, 0.25) is 0 Å². The first-order valence-corrected chi connectivity index (χ1v) is 8.19. The van der Waals surface area contributed by atoms with Gasteiger partial charge in [0, 0.05) is 10.8 Å². The van der Waals surface area contributed by atoms with Gasteiger partial charge in [0.15, 0.2) is 11.5 Å². The maximum absolute atomic E-state index is 12.3. The summed E-state index contributed by atoms with van der Waals surface area (Å²) in [6.07, 6.45) is 0.418. The third-order valence-electron chi connectivity index (χ3n) is 4.12. The van der Waals surface area contributed by atoms with Gasteiger partial charge in [-0.1, -0.05) is 30.3 Å². The Morgan fingerprint density at radius 2 is 1.85 bits per heavy atom. The van der Waals surface area contributed by atoms with Gasteiger partial charge in [-0.3, -0.25) is 14.6 Å². The van der Waals surface area contributed by atoms with E-state index in [0.717, 1.165) is 0 Å². The number of H-pyrrole nitrogens is 1. The molecule has 0 spiro atoms. The fourth-order valence-electron chi connectivity index (χ4n) is 2.80. The predicted octanol–water partition coefficient (Wildman–Crippen LogP) is 1.52. The SMILES string of the molecule is O=C(N/N=C/c1c(O)[nH]c(=O)c2ccccc12)C1COc2ccccc2O1. The van der Waals surface area contributed by atoms with Gasteiger partial charge in [0.25, 0.3) is 11.5 Å². The Labute approximate surface area is 153 Å². The number of nitrogens with one attached hydrogen (secondary N) is 2. The van der Waals surface area contributed by atoms with E-state index >= 15 is 0 Å². The molecule has 0 saturated heterocycles. The molecule has 2 aromatic carbocycles. The summed E-state index contributed by atoms with van der Waals surface area (Å²) < 4.78 is 11.1. The highest BCUT2D eigenvalue weighted by Gasteiger charge is 2.27. The van der Waals surface area contributed by atoms with Crippen molar-refractivity contribution in [2.75, 3.05) is 6.61 Å². The number of aromatic nitrogens is 1. The fraction of sp³-hybridized carbons (Fsp3) is 0.105. The van der Waals surface area contributed by atoms with Crippen LogP contribution in [0.1, 0.15) is 5.56 Å². The van der Waals surface area contributed by atoms with E-state index in [1.54, 1.807) is 42.5 Å². The van der Waals surface area contributed by atoms with Crippen LogP contribution in [0, 0.1) is 0 Å². The Morgan fingerprint density at radius 1 is 1.15 bits per heavy atom. The maximum atomic E-state index is 12.3. The van der Waals surface area contributed by atoms with Crippen LogP contribution in [0.5, 0.6) is 17.4 Å². The minimum atomic E-state index is -0.849. The molecule has 0 bridgehead atoms. The molecular formula is C19H15N3O5. The molecule has 4 rings (SSSR count). The smallest absolute Gasteiger partial charge is 0.284 e. The van der Waals surface area contributed by atoms with Gasteiger partial charge < -0.3 is 14.6 Å². The Morgan fingerprint density at radius 3 is 2.67 bits per heavy atom. The number of aromatic hydroxyl groups is 1. The number of hydrogen-bond donors (Lipinski definition) is 3. The molecule has 3 aromatic rings. The van der Waals surface area contributed by atoms with Gasteiger partial charge in [-0.2, -0.15) is 5.10 Å². The minimum Gasteiger partial charge on any atom is -0.494 e.